The van der Waals surface area contributed by atoms with E-state index in [1.807, 2.05) is 68.5 Å². The van der Waals surface area contributed by atoms with Gasteiger partial charge in [0.15, 0.2) is 11.3 Å². The Bertz CT molecular complexity index is 2450. The van der Waals surface area contributed by atoms with E-state index in [1.165, 1.54) is 22.5 Å². The molecule has 0 saturated carbocycles. The number of hydrogen-bond acceptors (Lipinski definition) is 7. The zero-order valence-electron chi connectivity index (χ0n) is 35.1. The largest absolute Gasteiger partial charge is 0.480 e. The minimum atomic E-state index is -0.960. The number of aryl methyl sites for hydroxylation is 1. The minimum absolute atomic E-state index is 0.00998. The monoisotopic (exact) mass is 781 g/mol. The molecule has 1 atom stereocenters. The summed E-state index contributed by atoms with van der Waals surface area (Å²) in [6.07, 6.45) is 11.5. The van der Waals surface area contributed by atoms with E-state index in [0.717, 1.165) is 54.7 Å². The average Bonchev–Trinajstić information content (AvgIpc) is 3.60. The van der Waals surface area contributed by atoms with E-state index in [0.29, 0.717) is 17.9 Å². The molecule has 1 unspecified atom stereocenters. The van der Waals surface area contributed by atoms with Gasteiger partial charge in [-0.2, -0.15) is 15.8 Å². The third kappa shape index (κ3) is 9.05. The van der Waals surface area contributed by atoms with E-state index in [4.69, 9.17) is 15.0 Å². The van der Waals surface area contributed by atoms with Crippen LogP contribution in [0.25, 0.3) is 10.4 Å². The molecule has 9 heteroatoms. The maximum absolute atomic E-state index is 10.3. The molecule has 3 aromatic carbocycles. The molecule has 59 heavy (non-hydrogen) atoms. The van der Waals surface area contributed by atoms with Crippen molar-refractivity contribution < 1.29 is 9.47 Å². The summed E-state index contributed by atoms with van der Waals surface area (Å²) in [7, 11) is 0. The maximum Gasteiger partial charge on any atom is 0.172 e. The molecule has 0 aromatic heterocycles. The number of ether oxygens (including phenoxy) is 2. The lowest BCUT2D eigenvalue weighted by molar-refractivity contribution is 0.0954. The van der Waals surface area contributed by atoms with Crippen LogP contribution < -0.4 is 9.64 Å². The number of allylic oxidation sites excluding steroid dienone is 8. The summed E-state index contributed by atoms with van der Waals surface area (Å²) in [5.41, 5.74) is 16.0. The smallest absolute Gasteiger partial charge is 0.172 e. The van der Waals surface area contributed by atoms with Crippen LogP contribution >= 0.6 is 0 Å². The first kappa shape index (κ1) is 41.9. The Kier molecular flexibility index (Phi) is 12.4. The molecule has 6 rings (SSSR count). The summed E-state index contributed by atoms with van der Waals surface area (Å²) in [6.45, 7) is 16.2. The van der Waals surface area contributed by atoms with Crippen molar-refractivity contribution in [2.45, 2.75) is 91.7 Å². The van der Waals surface area contributed by atoms with Crippen LogP contribution in [0, 0.1) is 45.3 Å². The van der Waals surface area contributed by atoms with E-state index < -0.39 is 5.60 Å². The van der Waals surface area contributed by atoms with Gasteiger partial charge in [-0.15, -0.1) is 0 Å². The van der Waals surface area contributed by atoms with Gasteiger partial charge >= 0.3 is 0 Å². The van der Waals surface area contributed by atoms with Gasteiger partial charge in [-0.1, -0.05) is 119 Å². The molecule has 0 spiro atoms. The molecule has 9 nitrogen and oxygen atoms in total. The number of azide groups is 1. The second-order valence-electron chi connectivity index (χ2n) is 17.4. The van der Waals surface area contributed by atoms with Crippen molar-refractivity contribution in [1.82, 2.24) is 0 Å². The van der Waals surface area contributed by atoms with Crippen molar-refractivity contribution in [1.29, 1.82) is 15.8 Å². The average molecular weight is 782 g/mol. The number of hydrogen-bond donors (Lipinski definition) is 0. The number of rotatable bonds is 11. The van der Waals surface area contributed by atoms with Crippen molar-refractivity contribution >= 4 is 5.69 Å². The summed E-state index contributed by atoms with van der Waals surface area (Å²) in [5.74, 6) is 1.70. The molecule has 298 valence electrons. The predicted octanol–water partition coefficient (Wildman–Crippen LogP) is 12.3. The van der Waals surface area contributed by atoms with Crippen LogP contribution in [-0.4, -0.2) is 12.1 Å². The first-order valence-corrected chi connectivity index (χ1v) is 20.1. The molecule has 0 N–H and O–H groups in total. The fraction of sp³-hybridized carbons (Fsp3) is 0.340. The van der Waals surface area contributed by atoms with E-state index in [1.54, 1.807) is 0 Å². The lowest BCUT2D eigenvalue weighted by Gasteiger charge is -2.36. The van der Waals surface area contributed by atoms with E-state index in [2.05, 4.69) is 116 Å². The van der Waals surface area contributed by atoms with Gasteiger partial charge < -0.3 is 14.4 Å². The Morgan fingerprint density at radius 1 is 0.915 bits per heavy atom. The SMILES string of the molecule is CC1(C)OC(=C(C#N)C#N)C(C#N)=C1C=CC1=C(Oc2ccc(CCCN=[N+]=[N-])cc2)C(=CC=C2N(Cc3ccccc3)c3ccccc3C2(C)C)CC(C(C)(C)C)C1. The number of fused-ring (bicyclic) bond motifs is 1. The van der Waals surface area contributed by atoms with Crippen molar-refractivity contribution in [2.24, 2.45) is 16.4 Å². The summed E-state index contributed by atoms with van der Waals surface area (Å²) < 4.78 is 13.1. The quantitative estimate of drug-likeness (QED) is 0.0623. The Morgan fingerprint density at radius 2 is 1.61 bits per heavy atom. The molecule has 0 bridgehead atoms. The summed E-state index contributed by atoms with van der Waals surface area (Å²) >= 11 is 0. The summed E-state index contributed by atoms with van der Waals surface area (Å²) in [4.78, 5) is 5.30. The first-order valence-electron chi connectivity index (χ1n) is 20.1. The topological polar surface area (TPSA) is 142 Å². The molecular weight excluding hydrogens is 731 g/mol. The number of nitrogens with zero attached hydrogens (tertiary/aromatic N) is 7. The lowest BCUT2D eigenvalue weighted by atomic mass is 9.70. The molecular formula is C50H51N7O2. The van der Waals surface area contributed by atoms with Crippen LogP contribution in [0.4, 0.5) is 5.69 Å². The van der Waals surface area contributed by atoms with Crippen molar-refractivity contribution in [3.05, 3.63) is 175 Å². The fourth-order valence-electron chi connectivity index (χ4n) is 8.19. The van der Waals surface area contributed by atoms with E-state index >= 15 is 0 Å². The van der Waals surface area contributed by atoms with Gasteiger partial charge in [-0.25, -0.2) is 0 Å². The number of anilines is 1. The van der Waals surface area contributed by atoms with Crippen LogP contribution in [0.5, 0.6) is 5.75 Å². The van der Waals surface area contributed by atoms with Crippen LogP contribution in [0.1, 0.15) is 84.4 Å². The van der Waals surface area contributed by atoms with Gasteiger partial charge in [-0.3, -0.25) is 0 Å². The second kappa shape index (κ2) is 17.4. The zero-order valence-corrected chi connectivity index (χ0v) is 35.1. The van der Waals surface area contributed by atoms with Gasteiger partial charge in [0, 0.05) is 40.4 Å². The predicted molar refractivity (Wildman–Crippen MR) is 232 cm³/mol. The first-order chi connectivity index (χ1) is 28.2. The molecule has 0 fully saturated rings. The van der Waals surface area contributed by atoms with Crippen LogP contribution in [0.3, 0.4) is 0 Å². The van der Waals surface area contributed by atoms with Gasteiger partial charge in [0.2, 0.25) is 0 Å². The Labute approximate surface area is 348 Å². The van der Waals surface area contributed by atoms with E-state index in [9.17, 15) is 15.8 Å². The number of nitriles is 3. The number of benzene rings is 3. The maximum atomic E-state index is 10.3. The van der Waals surface area contributed by atoms with E-state index in [-0.39, 0.29) is 33.7 Å². The normalized spacial score (nSPS) is 19.6. The molecule has 0 saturated heterocycles. The lowest BCUT2D eigenvalue weighted by Crippen LogP contribution is -2.27. The highest BCUT2D eigenvalue weighted by atomic mass is 16.5. The molecule has 3 aromatic rings. The number of para-hydroxylation sites is 1. The molecule has 2 aliphatic heterocycles. The third-order valence-electron chi connectivity index (χ3n) is 11.6. The Morgan fingerprint density at radius 3 is 2.27 bits per heavy atom. The third-order valence-corrected chi connectivity index (χ3v) is 11.6. The molecule has 1 aliphatic carbocycles. The fourth-order valence-corrected chi connectivity index (χ4v) is 8.19. The minimum Gasteiger partial charge on any atom is -0.480 e. The molecule has 0 amide bonds. The second-order valence-corrected chi connectivity index (χ2v) is 17.4. The molecule has 2 heterocycles. The van der Waals surface area contributed by atoms with Gasteiger partial charge in [0.1, 0.15) is 40.9 Å². The van der Waals surface area contributed by atoms with Gasteiger partial charge in [-0.05, 0) is 109 Å². The van der Waals surface area contributed by atoms with Gasteiger partial charge in [0.25, 0.3) is 0 Å². The zero-order chi connectivity index (χ0) is 42.4. The highest BCUT2D eigenvalue weighted by Gasteiger charge is 2.41. The van der Waals surface area contributed by atoms with Crippen molar-refractivity contribution in [3.8, 4) is 24.0 Å². The highest BCUT2D eigenvalue weighted by Crippen LogP contribution is 2.49. The van der Waals surface area contributed by atoms with Crippen molar-refractivity contribution in [2.75, 3.05) is 11.4 Å². The van der Waals surface area contributed by atoms with Crippen LogP contribution in [-0.2, 0) is 23.1 Å². The molecule has 0 radical (unpaired) electrons. The van der Waals surface area contributed by atoms with Crippen LogP contribution in [0.15, 0.2) is 153 Å². The van der Waals surface area contributed by atoms with Crippen molar-refractivity contribution in [3.63, 3.8) is 0 Å². The highest BCUT2D eigenvalue weighted by molar-refractivity contribution is 5.71. The Balaban J connectivity index is 1.51. The molecule has 3 aliphatic rings. The Hall–Kier alpha value is -6.72. The summed E-state index contributed by atoms with van der Waals surface area (Å²) in [6, 6.07) is 33.2. The van der Waals surface area contributed by atoms with Crippen LogP contribution in [0.2, 0.25) is 0 Å². The standard InChI is InChI=1S/C50H51N7O2/c1-48(2,3)39-28-36(21-25-42-41(32-53)47(38(30-51)31-52)59-50(42,6)7)46(58-40-23-19-34(20-24-40)16-13-27-55-56-54)37(29-39)22-26-45-49(4,5)43-17-11-12-18-44(43)57(45)33-35-14-9-8-10-15-35/h8-12,14-15,17-26,39H,13,16,27-29,33H2,1-7H3. The van der Waals surface area contributed by atoms with Gasteiger partial charge in [0.05, 0.1) is 0 Å². The summed E-state index contributed by atoms with van der Waals surface area (Å²) in [5, 5.41) is 33.3.